The molecule has 2 rings (SSSR count). The number of primary amides is 1. The van der Waals surface area contributed by atoms with Gasteiger partial charge in [0.2, 0.25) is 5.91 Å². The van der Waals surface area contributed by atoms with Crippen LogP contribution in [-0.2, 0) is 4.74 Å². The number of anilines is 2. The van der Waals surface area contributed by atoms with Crippen LogP contribution in [0.15, 0.2) is 18.2 Å². The number of amides is 1. The number of carbonyl (C=O) groups is 1. The molecule has 19 heavy (non-hydrogen) atoms. The SMILES string of the molecule is CC1(C)CC(Nc2ccc(C(N)=O)cc2N)CCO1. The van der Waals surface area contributed by atoms with Gasteiger partial charge in [-0.2, -0.15) is 0 Å². The summed E-state index contributed by atoms with van der Waals surface area (Å²) >= 11 is 0. The summed E-state index contributed by atoms with van der Waals surface area (Å²) in [5.41, 5.74) is 12.9. The van der Waals surface area contributed by atoms with Crippen molar-refractivity contribution in [1.82, 2.24) is 0 Å². The molecule has 1 aliphatic rings. The number of nitrogens with one attached hydrogen (secondary N) is 1. The van der Waals surface area contributed by atoms with E-state index in [0.29, 0.717) is 17.3 Å². The number of rotatable bonds is 3. The lowest BCUT2D eigenvalue weighted by Gasteiger charge is -2.36. The minimum absolute atomic E-state index is 0.113. The summed E-state index contributed by atoms with van der Waals surface area (Å²) in [5, 5.41) is 3.41. The van der Waals surface area contributed by atoms with Crippen LogP contribution >= 0.6 is 0 Å². The standard InChI is InChI=1S/C14H21N3O2/c1-14(2)8-10(5-6-19-14)17-12-4-3-9(13(16)18)7-11(12)15/h3-4,7,10,17H,5-6,8,15H2,1-2H3,(H2,16,18). The van der Waals surface area contributed by atoms with Gasteiger partial charge in [-0.25, -0.2) is 0 Å². The third-order valence-corrected chi connectivity index (χ3v) is 3.39. The van der Waals surface area contributed by atoms with Gasteiger partial charge in [0.15, 0.2) is 0 Å². The molecule has 1 heterocycles. The maximum atomic E-state index is 11.1. The van der Waals surface area contributed by atoms with E-state index in [9.17, 15) is 4.79 Å². The molecular weight excluding hydrogens is 242 g/mol. The number of hydrogen-bond acceptors (Lipinski definition) is 4. The Labute approximate surface area is 113 Å². The van der Waals surface area contributed by atoms with Gasteiger partial charge in [0, 0.05) is 18.2 Å². The molecule has 0 aliphatic carbocycles. The largest absolute Gasteiger partial charge is 0.397 e. The average Bonchev–Trinajstić information content (AvgIpc) is 2.30. The van der Waals surface area contributed by atoms with Gasteiger partial charge >= 0.3 is 0 Å². The van der Waals surface area contributed by atoms with Crippen molar-refractivity contribution >= 4 is 17.3 Å². The number of carbonyl (C=O) groups excluding carboxylic acids is 1. The van der Waals surface area contributed by atoms with E-state index in [1.807, 2.05) is 0 Å². The smallest absolute Gasteiger partial charge is 0.248 e. The second-order valence-electron chi connectivity index (χ2n) is 5.61. The van der Waals surface area contributed by atoms with Crippen molar-refractivity contribution in [1.29, 1.82) is 0 Å². The highest BCUT2D eigenvalue weighted by atomic mass is 16.5. The van der Waals surface area contributed by atoms with E-state index in [0.717, 1.165) is 25.1 Å². The predicted octanol–water partition coefficient (Wildman–Crippen LogP) is 1.74. The van der Waals surface area contributed by atoms with Crippen molar-refractivity contribution in [2.45, 2.75) is 38.3 Å². The Kier molecular flexibility index (Phi) is 3.66. The lowest BCUT2D eigenvalue weighted by atomic mass is 9.93. The van der Waals surface area contributed by atoms with Gasteiger partial charge in [-0.3, -0.25) is 4.79 Å². The molecule has 0 bridgehead atoms. The molecule has 1 unspecified atom stereocenters. The molecule has 104 valence electrons. The number of ether oxygens (including phenoxy) is 1. The zero-order chi connectivity index (χ0) is 14.0. The van der Waals surface area contributed by atoms with Gasteiger partial charge in [0.05, 0.1) is 17.0 Å². The molecular formula is C14H21N3O2. The van der Waals surface area contributed by atoms with E-state index in [1.54, 1.807) is 18.2 Å². The third-order valence-electron chi connectivity index (χ3n) is 3.39. The molecule has 0 saturated carbocycles. The number of nitrogens with two attached hydrogens (primary N) is 2. The normalized spacial score (nSPS) is 21.9. The number of nitrogen functional groups attached to an aromatic ring is 1. The van der Waals surface area contributed by atoms with Crippen molar-refractivity contribution in [3.05, 3.63) is 23.8 Å². The van der Waals surface area contributed by atoms with Gasteiger partial charge in [-0.1, -0.05) is 0 Å². The van der Waals surface area contributed by atoms with Crippen LogP contribution in [0.5, 0.6) is 0 Å². The van der Waals surface area contributed by atoms with E-state index in [-0.39, 0.29) is 5.60 Å². The third kappa shape index (κ3) is 3.38. The minimum Gasteiger partial charge on any atom is -0.397 e. The van der Waals surface area contributed by atoms with Crippen LogP contribution in [0.1, 0.15) is 37.0 Å². The summed E-state index contributed by atoms with van der Waals surface area (Å²) in [6.07, 6.45) is 1.87. The Morgan fingerprint density at radius 1 is 1.47 bits per heavy atom. The summed E-state index contributed by atoms with van der Waals surface area (Å²) < 4.78 is 5.68. The Morgan fingerprint density at radius 3 is 2.79 bits per heavy atom. The molecule has 0 spiro atoms. The molecule has 1 aromatic carbocycles. The molecule has 1 aliphatic heterocycles. The first-order valence-corrected chi connectivity index (χ1v) is 6.47. The van der Waals surface area contributed by atoms with Crippen molar-refractivity contribution < 1.29 is 9.53 Å². The Bertz CT molecular complexity index is 486. The lowest BCUT2D eigenvalue weighted by Crippen LogP contribution is -2.40. The maximum Gasteiger partial charge on any atom is 0.248 e. The van der Waals surface area contributed by atoms with Crippen molar-refractivity contribution in [3.8, 4) is 0 Å². The van der Waals surface area contributed by atoms with E-state index in [1.165, 1.54) is 0 Å². The Morgan fingerprint density at radius 2 is 2.21 bits per heavy atom. The molecule has 1 fully saturated rings. The van der Waals surface area contributed by atoms with Crippen LogP contribution in [0.3, 0.4) is 0 Å². The fourth-order valence-corrected chi connectivity index (χ4v) is 2.42. The van der Waals surface area contributed by atoms with E-state index in [2.05, 4.69) is 19.2 Å². The number of hydrogen-bond donors (Lipinski definition) is 3. The fourth-order valence-electron chi connectivity index (χ4n) is 2.42. The highest BCUT2D eigenvalue weighted by molar-refractivity contribution is 5.94. The highest BCUT2D eigenvalue weighted by Crippen LogP contribution is 2.28. The van der Waals surface area contributed by atoms with Crippen molar-refractivity contribution in [3.63, 3.8) is 0 Å². The van der Waals surface area contributed by atoms with Gasteiger partial charge in [-0.05, 0) is 44.9 Å². The average molecular weight is 263 g/mol. The van der Waals surface area contributed by atoms with E-state index in [4.69, 9.17) is 16.2 Å². The molecule has 5 nitrogen and oxygen atoms in total. The minimum atomic E-state index is -0.467. The van der Waals surface area contributed by atoms with Gasteiger partial charge in [0.1, 0.15) is 0 Å². The summed E-state index contributed by atoms with van der Waals surface area (Å²) in [6.45, 7) is 4.91. The number of benzene rings is 1. The monoisotopic (exact) mass is 263 g/mol. The highest BCUT2D eigenvalue weighted by Gasteiger charge is 2.28. The van der Waals surface area contributed by atoms with Crippen LogP contribution in [0, 0.1) is 0 Å². The first-order chi connectivity index (χ1) is 8.87. The topological polar surface area (TPSA) is 90.4 Å². The first-order valence-electron chi connectivity index (χ1n) is 6.47. The zero-order valence-corrected chi connectivity index (χ0v) is 11.4. The van der Waals surface area contributed by atoms with Gasteiger partial charge < -0.3 is 21.5 Å². The van der Waals surface area contributed by atoms with E-state index >= 15 is 0 Å². The summed E-state index contributed by atoms with van der Waals surface area (Å²) in [5.74, 6) is -0.467. The molecule has 5 N–H and O–H groups in total. The maximum absolute atomic E-state index is 11.1. The molecule has 0 aromatic heterocycles. The van der Waals surface area contributed by atoms with Gasteiger partial charge in [0.25, 0.3) is 0 Å². The molecule has 1 saturated heterocycles. The van der Waals surface area contributed by atoms with Crippen LogP contribution in [0.25, 0.3) is 0 Å². The quantitative estimate of drug-likeness (QED) is 0.724. The van der Waals surface area contributed by atoms with Crippen LogP contribution in [0.4, 0.5) is 11.4 Å². The van der Waals surface area contributed by atoms with Gasteiger partial charge in [-0.15, -0.1) is 0 Å². The predicted molar refractivity (Wildman–Crippen MR) is 76.0 cm³/mol. The summed E-state index contributed by atoms with van der Waals surface area (Å²) in [7, 11) is 0. The summed E-state index contributed by atoms with van der Waals surface area (Å²) in [6, 6.07) is 5.42. The molecule has 0 radical (unpaired) electrons. The Balaban J connectivity index is 2.09. The second kappa shape index (κ2) is 5.09. The molecule has 5 heteroatoms. The Hall–Kier alpha value is -1.75. The first kappa shape index (κ1) is 13.7. The molecule has 1 atom stereocenters. The lowest BCUT2D eigenvalue weighted by molar-refractivity contribution is -0.0553. The fraction of sp³-hybridized carbons (Fsp3) is 0.500. The zero-order valence-electron chi connectivity index (χ0n) is 11.4. The van der Waals surface area contributed by atoms with Crippen LogP contribution in [-0.4, -0.2) is 24.2 Å². The second-order valence-corrected chi connectivity index (χ2v) is 5.61. The van der Waals surface area contributed by atoms with Crippen LogP contribution in [0.2, 0.25) is 0 Å². The van der Waals surface area contributed by atoms with Crippen LogP contribution < -0.4 is 16.8 Å². The molecule has 1 amide bonds. The van der Waals surface area contributed by atoms with Crippen molar-refractivity contribution in [2.24, 2.45) is 5.73 Å². The van der Waals surface area contributed by atoms with Crippen molar-refractivity contribution in [2.75, 3.05) is 17.7 Å². The van der Waals surface area contributed by atoms with E-state index < -0.39 is 5.91 Å². The summed E-state index contributed by atoms with van der Waals surface area (Å²) in [4.78, 5) is 11.1. The molecule has 1 aromatic rings.